The number of nitrogen functional groups attached to an aromatic ring is 1. The van der Waals surface area contributed by atoms with E-state index in [0.29, 0.717) is 17.5 Å². The highest BCUT2D eigenvalue weighted by atomic mass is 35.5. The van der Waals surface area contributed by atoms with E-state index in [4.69, 9.17) is 22.1 Å². The van der Waals surface area contributed by atoms with Crippen molar-refractivity contribution in [3.8, 4) is 6.01 Å². The topological polar surface area (TPSA) is 77.2 Å². The summed E-state index contributed by atoms with van der Waals surface area (Å²) in [5.41, 5.74) is 6.68. The molecule has 0 fully saturated rings. The normalized spacial score (nSPS) is 10.7. The van der Waals surface area contributed by atoms with Crippen LogP contribution < -0.4 is 15.4 Å². The van der Waals surface area contributed by atoms with Crippen LogP contribution in [0.3, 0.4) is 0 Å². The molecule has 0 bridgehead atoms. The van der Waals surface area contributed by atoms with Gasteiger partial charge < -0.3 is 15.4 Å². The highest BCUT2D eigenvalue weighted by molar-refractivity contribution is 6.31. The zero-order chi connectivity index (χ0) is 15.4. The van der Waals surface area contributed by atoms with Crippen LogP contribution in [-0.2, 0) is 6.54 Å². The Hall–Kier alpha value is -2.08. The summed E-state index contributed by atoms with van der Waals surface area (Å²) in [4.78, 5) is 14.2. The molecule has 0 aliphatic rings. The van der Waals surface area contributed by atoms with Gasteiger partial charge in [0, 0.05) is 18.6 Å². The van der Waals surface area contributed by atoms with Crippen molar-refractivity contribution in [3.63, 3.8) is 0 Å². The number of nitrogens with two attached hydrogens (primary N) is 1. The number of anilines is 2. The maximum atomic E-state index is 6.16. The summed E-state index contributed by atoms with van der Waals surface area (Å²) < 4.78 is 5.46. The van der Waals surface area contributed by atoms with Crippen molar-refractivity contribution < 1.29 is 4.74 Å². The molecule has 0 saturated heterocycles. The monoisotopic (exact) mass is 307 g/mol. The number of aromatic nitrogens is 3. The second-order valence-electron chi connectivity index (χ2n) is 4.89. The Kier molecular flexibility index (Phi) is 4.80. The van der Waals surface area contributed by atoms with E-state index in [1.54, 1.807) is 0 Å². The van der Waals surface area contributed by atoms with Gasteiger partial charge in [-0.15, -0.1) is 0 Å². The van der Waals surface area contributed by atoms with Gasteiger partial charge in [-0.2, -0.15) is 15.0 Å². The Bertz CT molecular complexity index is 620. The molecule has 1 aromatic heterocycles. The van der Waals surface area contributed by atoms with Crippen LogP contribution in [0.5, 0.6) is 6.01 Å². The van der Waals surface area contributed by atoms with Crippen molar-refractivity contribution in [1.82, 2.24) is 15.0 Å². The Morgan fingerprint density at radius 3 is 2.62 bits per heavy atom. The van der Waals surface area contributed by atoms with Gasteiger partial charge in [-0.05, 0) is 25.5 Å². The molecule has 21 heavy (non-hydrogen) atoms. The molecule has 0 spiro atoms. The summed E-state index contributed by atoms with van der Waals surface area (Å²) >= 11 is 6.16. The molecule has 1 heterocycles. The molecule has 2 aromatic rings. The third kappa shape index (κ3) is 4.19. The first-order valence-corrected chi connectivity index (χ1v) is 6.96. The van der Waals surface area contributed by atoms with Crippen molar-refractivity contribution >= 4 is 23.5 Å². The second kappa shape index (κ2) is 6.58. The van der Waals surface area contributed by atoms with E-state index in [0.717, 1.165) is 5.56 Å². The molecule has 0 unspecified atom stereocenters. The molecule has 2 N–H and O–H groups in total. The van der Waals surface area contributed by atoms with Crippen LogP contribution >= 0.6 is 11.6 Å². The first-order chi connectivity index (χ1) is 9.95. The summed E-state index contributed by atoms with van der Waals surface area (Å²) in [5.74, 6) is 0.569. The van der Waals surface area contributed by atoms with Crippen LogP contribution in [0.4, 0.5) is 11.9 Å². The smallest absolute Gasteiger partial charge is 0.323 e. The predicted molar refractivity (Wildman–Crippen MR) is 83.6 cm³/mol. The molecule has 0 radical (unpaired) electrons. The maximum Gasteiger partial charge on any atom is 0.323 e. The molecule has 0 amide bonds. The van der Waals surface area contributed by atoms with Gasteiger partial charge in [0.25, 0.3) is 0 Å². The second-order valence-corrected chi connectivity index (χ2v) is 5.30. The lowest BCUT2D eigenvalue weighted by Crippen LogP contribution is -2.21. The highest BCUT2D eigenvalue weighted by Crippen LogP contribution is 2.20. The molecule has 2 rings (SSSR count). The fourth-order valence-corrected chi connectivity index (χ4v) is 1.94. The van der Waals surface area contributed by atoms with E-state index >= 15 is 0 Å². The summed E-state index contributed by atoms with van der Waals surface area (Å²) in [5, 5.41) is 0.699. The molecule has 6 nitrogen and oxygen atoms in total. The van der Waals surface area contributed by atoms with Gasteiger partial charge in [0.2, 0.25) is 11.9 Å². The van der Waals surface area contributed by atoms with Crippen molar-refractivity contribution in [3.05, 3.63) is 34.9 Å². The summed E-state index contributed by atoms with van der Waals surface area (Å²) in [7, 11) is 1.86. The Morgan fingerprint density at radius 2 is 1.95 bits per heavy atom. The van der Waals surface area contributed by atoms with Gasteiger partial charge in [0.15, 0.2) is 0 Å². The van der Waals surface area contributed by atoms with Crippen LogP contribution in [0.2, 0.25) is 5.02 Å². The first kappa shape index (κ1) is 15.3. The molecule has 0 saturated carbocycles. The van der Waals surface area contributed by atoms with Crippen molar-refractivity contribution in [2.24, 2.45) is 0 Å². The fraction of sp³-hybridized carbons (Fsp3) is 0.357. The van der Waals surface area contributed by atoms with E-state index in [-0.39, 0.29) is 18.1 Å². The van der Waals surface area contributed by atoms with E-state index in [1.165, 1.54) is 0 Å². The standard InChI is InChI=1S/C14H18ClN5O/c1-9(2)21-14-18-12(16)17-13(19-14)20(3)8-10-6-4-5-7-11(10)15/h4-7,9H,8H2,1-3H3,(H2,16,17,18,19). The van der Waals surface area contributed by atoms with Gasteiger partial charge in [0.05, 0.1) is 6.10 Å². The van der Waals surface area contributed by atoms with Crippen LogP contribution in [0.15, 0.2) is 24.3 Å². The molecular formula is C14H18ClN5O. The molecular weight excluding hydrogens is 290 g/mol. The number of halogens is 1. The lowest BCUT2D eigenvalue weighted by molar-refractivity contribution is 0.222. The zero-order valence-electron chi connectivity index (χ0n) is 12.2. The minimum Gasteiger partial charge on any atom is -0.461 e. The van der Waals surface area contributed by atoms with Crippen molar-refractivity contribution in [2.45, 2.75) is 26.5 Å². The number of rotatable bonds is 5. The van der Waals surface area contributed by atoms with E-state index in [9.17, 15) is 0 Å². The Morgan fingerprint density at radius 1 is 1.24 bits per heavy atom. The lowest BCUT2D eigenvalue weighted by atomic mass is 10.2. The Labute approximate surface area is 128 Å². The summed E-state index contributed by atoms with van der Waals surface area (Å²) in [6.45, 7) is 4.35. The van der Waals surface area contributed by atoms with E-state index < -0.39 is 0 Å². The average Bonchev–Trinajstić information content (AvgIpc) is 2.40. The quantitative estimate of drug-likeness (QED) is 0.914. The summed E-state index contributed by atoms with van der Waals surface area (Å²) in [6.07, 6.45) is -0.0338. The van der Waals surface area contributed by atoms with E-state index in [2.05, 4.69) is 15.0 Å². The molecule has 0 aliphatic carbocycles. The first-order valence-electron chi connectivity index (χ1n) is 6.58. The molecule has 0 atom stereocenters. The lowest BCUT2D eigenvalue weighted by Gasteiger charge is -2.18. The minimum atomic E-state index is -0.0338. The van der Waals surface area contributed by atoms with Crippen LogP contribution in [0.1, 0.15) is 19.4 Å². The largest absolute Gasteiger partial charge is 0.461 e. The average molecular weight is 308 g/mol. The number of hydrogen-bond donors (Lipinski definition) is 1. The van der Waals surface area contributed by atoms with Crippen LogP contribution in [-0.4, -0.2) is 28.1 Å². The Balaban J connectivity index is 2.20. The van der Waals surface area contributed by atoms with Gasteiger partial charge in [-0.25, -0.2) is 0 Å². The van der Waals surface area contributed by atoms with Crippen molar-refractivity contribution in [1.29, 1.82) is 0 Å². The van der Waals surface area contributed by atoms with Gasteiger partial charge >= 0.3 is 6.01 Å². The molecule has 1 aromatic carbocycles. The van der Waals surface area contributed by atoms with Crippen LogP contribution in [0.25, 0.3) is 0 Å². The predicted octanol–water partition coefficient (Wildman–Crippen LogP) is 2.53. The number of nitrogens with zero attached hydrogens (tertiary/aromatic N) is 4. The highest BCUT2D eigenvalue weighted by Gasteiger charge is 2.12. The van der Waals surface area contributed by atoms with E-state index in [1.807, 2.05) is 50.1 Å². The maximum absolute atomic E-state index is 6.16. The molecule has 7 heteroatoms. The van der Waals surface area contributed by atoms with Crippen LogP contribution in [0, 0.1) is 0 Å². The SMILES string of the molecule is CC(C)Oc1nc(N)nc(N(C)Cc2ccccc2Cl)n1. The third-order valence-corrected chi connectivity index (χ3v) is 3.04. The third-order valence-electron chi connectivity index (χ3n) is 2.67. The van der Waals surface area contributed by atoms with Gasteiger partial charge in [-0.3, -0.25) is 0 Å². The summed E-state index contributed by atoms with van der Waals surface area (Å²) in [6, 6.07) is 7.85. The fourth-order valence-electron chi connectivity index (χ4n) is 1.75. The number of ether oxygens (including phenoxy) is 1. The van der Waals surface area contributed by atoms with Gasteiger partial charge in [0.1, 0.15) is 0 Å². The van der Waals surface area contributed by atoms with Gasteiger partial charge in [-0.1, -0.05) is 29.8 Å². The minimum absolute atomic E-state index is 0.0338. The van der Waals surface area contributed by atoms with Crippen molar-refractivity contribution in [2.75, 3.05) is 17.7 Å². The molecule has 0 aliphatic heterocycles. The number of hydrogen-bond acceptors (Lipinski definition) is 6. The zero-order valence-corrected chi connectivity index (χ0v) is 13.0. The number of benzene rings is 1. The molecule has 112 valence electrons.